The summed E-state index contributed by atoms with van der Waals surface area (Å²) in [6.07, 6.45) is 2.53. The van der Waals surface area contributed by atoms with E-state index >= 15 is 0 Å². The van der Waals surface area contributed by atoms with Crippen molar-refractivity contribution in [2.75, 3.05) is 6.26 Å². The summed E-state index contributed by atoms with van der Waals surface area (Å²) < 4.78 is 12.2. The molecule has 1 heterocycles. The molecule has 0 spiro atoms. The average Bonchev–Trinajstić information content (AvgIpc) is 2.31. The molecule has 0 amide bonds. The Balaban J connectivity index is 2.63. The van der Waals surface area contributed by atoms with Crippen LogP contribution in [0.15, 0.2) is 11.8 Å². The highest BCUT2D eigenvalue weighted by Gasteiger charge is 2.21. The Hall–Kier alpha value is -0.640. The van der Waals surface area contributed by atoms with Crippen LogP contribution in [0.25, 0.3) is 0 Å². The Labute approximate surface area is 64.5 Å². The maximum Gasteiger partial charge on any atom is 0.370 e. The van der Waals surface area contributed by atoms with Crippen molar-refractivity contribution < 1.29 is 16.0 Å². The van der Waals surface area contributed by atoms with Gasteiger partial charge in [0.05, 0.1) is 0 Å². The SMILES string of the molecule is [2H]C1C=C(C(=O)O)OC1SC. The van der Waals surface area contributed by atoms with Gasteiger partial charge >= 0.3 is 5.97 Å². The molecule has 56 valence electrons. The smallest absolute Gasteiger partial charge is 0.370 e. The second kappa shape index (κ2) is 2.96. The summed E-state index contributed by atoms with van der Waals surface area (Å²) in [6, 6.07) is 0. The van der Waals surface area contributed by atoms with Crippen molar-refractivity contribution in [3.63, 3.8) is 0 Å². The molecule has 1 rings (SSSR count). The van der Waals surface area contributed by atoms with Gasteiger partial charge in [-0.25, -0.2) is 4.79 Å². The van der Waals surface area contributed by atoms with Crippen molar-refractivity contribution in [1.29, 1.82) is 0 Å². The zero-order valence-electron chi connectivity index (χ0n) is 6.40. The highest BCUT2D eigenvalue weighted by Crippen LogP contribution is 2.24. The molecule has 0 fully saturated rings. The number of hydrogen-bond donors (Lipinski definition) is 1. The first kappa shape index (κ1) is 6.09. The van der Waals surface area contributed by atoms with Gasteiger partial charge in [0.25, 0.3) is 0 Å². The maximum atomic E-state index is 10.3. The van der Waals surface area contributed by atoms with Crippen molar-refractivity contribution >= 4 is 17.7 Å². The molecule has 2 atom stereocenters. The molecule has 0 aromatic carbocycles. The van der Waals surface area contributed by atoms with Crippen LogP contribution in [0.4, 0.5) is 0 Å². The Bertz CT molecular complexity index is 204. The van der Waals surface area contributed by atoms with Crippen molar-refractivity contribution in [1.82, 2.24) is 0 Å². The van der Waals surface area contributed by atoms with E-state index in [1.165, 1.54) is 17.8 Å². The lowest BCUT2D eigenvalue weighted by atomic mass is 10.4. The molecule has 0 aromatic rings. The Morgan fingerprint density at radius 2 is 2.90 bits per heavy atom. The number of ether oxygens (including phenoxy) is 1. The van der Waals surface area contributed by atoms with Crippen molar-refractivity contribution in [3.05, 3.63) is 11.8 Å². The molecule has 1 aliphatic rings. The number of carboxylic acid groups (broad SMARTS) is 1. The van der Waals surface area contributed by atoms with Crippen LogP contribution in [-0.4, -0.2) is 22.8 Å². The van der Waals surface area contributed by atoms with E-state index < -0.39 is 12.4 Å². The first-order valence-electron chi connectivity index (χ1n) is 3.29. The Morgan fingerprint density at radius 3 is 3.20 bits per heavy atom. The van der Waals surface area contributed by atoms with Crippen LogP contribution < -0.4 is 0 Å². The van der Waals surface area contributed by atoms with E-state index in [0.717, 1.165) is 0 Å². The largest absolute Gasteiger partial charge is 0.475 e. The summed E-state index contributed by atoms with van der Waals surface area (Å²) >= 11 is 1.34. The number of carbonyl (C=O) groups is 1. The van der Waals surface area contributed by atoms with Crippen molar-refractivity contribution in [3.8, 4) is 0 Å². The van der Waals surface area contributed by atoms with Crippen LogP contribution in [0.1, 0.15) is 7.77 Å². The molecule has 1 N–H and O–H groups in total. The molecule has 10 heavy (non-hydrogen) atoms. The lowest BCUT2D eigenvalue weighted by Crippen LogP contribution is -2.05. The molecule has 1 aliphatic heterocycles. The van der Waals surface area contributed by atoms with E-state index in [2.05, 4.69) is 0 Å². The maximum absolute atomic E-state index is 10.3. The van der Waals surface area contributed by atoms with Gasteiger partial charge in [-0.3, -0.25) is 0 Å². The predicted octanol–water partition coefficient (Wildman–Crippen LogP) is 1.06. The third-order valence-electron chi connectivity index (χ3n) is 1.09. The Kier molecular flexibility index (Phi) is 1.81. The van der Waals surface area contributed by atoms with Crippen molar-refractivity contribution in [2.24, 2.45) is 0 Å². The quantitative estimate of drug-likeness (QED) is 0.658. The fourth-order valence-electron chi connectivity index (χ4n) is 0.618. The summed E-state index contributed by atoms with van der Waals surface area (Å²) in [5.41, 5.74) is -0.360. The fraction of sp³-hybridized carbons (Fsp3) is 0.500. The summed E-state index contributed by atoms with van der Waals surface area (Å²) in [5, 5.41) is 8.46. The van der Waals surface area contributed by atoms with Gasteiger partial charge in [0.1, 0.15) is 5.44 Å². The summed E-state index contributed by atoms with van der Waals surface area (Å²) in [5.74, 6) is -1.21. The molecule has 0 aromatic heterocycles. The normalized spacial score (nSPS) is 32.5. The highest BCUT2D eigenvalue weighted by atomic mass is 32.2. The number of rotatable bonds is 2. The monoisotopic (exact) mass is 161 g/mol. The lowest BCUT2D eigenvalue weighted by Gasteiger charge is -2.06. The van der Waals surface area contributed by atoms with E-state index in [0.29, 0.717) is 0 Å². The number of carboxylic acids is 1. The van der Waals surface area contributed by atoms with Gasteiger partial charge in [0.2, 0.25) is 5.76 Å². The molecular weight excluding hydrogens is 152 g/mol. The number of aliphatic carboxylic acids is 1. The first-order chi connectivity index (χ1) is 5.15. The zero-order chi connectivity index (χ0) is 8.43. The van der Waals surface area contributed by atoms with E-state index in [4.69, 9.17) is 11.2 Å². The van der Waals surface area contributed by atoms with Gasteiger partial charge in [0, 0.05) is 7.77 Å². The van der Waals surface area contributed by atoms with Gasteiger partial charge < -0.3 is 9.84 Å². The number of thioether (sulfide) groups is 1. The van der Waals surface area contributed by atoms with Gasteiger partial charge in [-0.15, -0.1) is 11.8 Å². The molecule has 0 bridgehead atoms. The van der Waals surface area contributed by atoms with Crippen LogP contribution in [0.2, 0.25) is 0 Å². The minimum absolute atomic E-state index is 0.107. The molecule has 2 unspecified atom stereocenters. The predicted molar refractivity (Wildman–Crippen MR) is 38.7 cm³/mol. The van der Waals surface area contributed by atoms with Crippen LogP contribution >= 0.6 is 11.8 Å². The van der Waals surface area contributed by atoms with Crippen LogP contribution in [0.5, 0.6) is 0 Å². The standard InChI is InChI=1S/C6H8O3S/c1-10-5-3-2-4(9-5)6(7)8/h2,5H,3H2,1H3,(H,7,8)/i3D. The average molecular weight is 161 g/mol. The van der Waals surface area contributed by atoms with Crippen molar-refractivity contribution in [2.45, 2.75) is 11.8 Å². The number of hydrogen-bond acceptors (Lipinski definition) is 3. The van der Waals surface area contributed by atoms with Gasteiger partial charge in [-0.1, -0.05) is 0 Å². The molecular formula is C6H8O3S. The van der Waals surface area contributed by atoms with Gasteiger partial charge in [0.15, 0.2) is 0 Å². The highest BCUT2D eigenvalue weighted by molar-refractivity contribution is 7.99. The third kappa shape index (κ3) is 1.44. The van der Waals surface area contributed by atoms with Crippen LogP contribution in [0, 0.1) is 0 Å². The third-order valence-corrected chi connectivity index (χ3v) is 1.81. The molecule has 0 radical (unpaired) electrons. The summed E-state index contributed by atoms with van der Waals surface area (Å²) in [6.45, 7) is 0. The Morgan fingerprint density at radius 1 is 2.20 bits per heavy atom. The van der Waals surface area contributed by atoms with E-state index in [-0.39, 0.29) is 11.2 Å². The van der Waals surface area contributed by atoms with E-state index in [1.54, 1.807) is 6.26 Å². The lowest BCUT2D eigenvalue weighted by molar-refractivity contribution is -0.136. The van der Waals surface area contributed by atoms with Crippen LogP contribution in [0.3, 0.4) is 0 Å². The molecule has 0 aliphatic carbocycles. The molecule has 0 saturated carbocycles. The second-order valence-corrected chi connectivity index (χ2v) is 2.69. The van der Waals surface area contributed by atoms with E-state index in [1.807, 2.05) is 0 Å². The minimum Gasteiger partial charge on any atom is -0.475 e. The fourth-order valence-corrected chi connectivity index (χ4v) is 1.05. The summed E-state index contributed by atoms with van der Waals surface area (Å²) in [7, 11) is 0. The molecule has 3 nitrogen and oxygen atoms in total. The summed E-state index contributed by atoms with van der Waals surface area (Å²) in [4.78, 5) is 10.3. The molecule has 0 saturated heterocycles. The van der Waals surface area contributed by atoms with E-state index in [9.17, 15) is 4.79 Å². The van der Waals surface area contributed by atoms with Crippen LogP contribution in [-0.2, 0) is 9.53 Å². The molecule has 4 heteroatoms. The second-order valence-electron chi connectivity index (χ2n) is 1.75. The first-order valence-corrected chi connectivity index (χ1v) is 4.00. The topological polar surface area (TPSA) is 46.5 Å². The minimum atomic E-state index is -1.10. The van der Waals surface area contributed by atoms with Gasteiger partial charge in [-0.2, -0.15) is 0 Å². The van der Waals surface area contributed by atoms with Gasteiger partial charge in [-0.05, 0) is 12.3 Å². The zero-order valence-corrected chi connectivity index (χ0v) is 6.22.